The first-order chi connectivity index (χ1) is 13.8. The number of sulfonamides is 1. The molecule has 9 heteroatoms. The van der Waals surface area contributed by atoms with Gasteiger partial charge in [-0.3, -0.25) is 4.79 Å². The van der Waals surface area contributed by atoms with E-state index < -0.39 is 15.9 Å². The molecule has 1 aliphatic heterocycles. The van der Waals surface area contributed by atoms with Crippen molar-refractivity contribution in [2.24, 2.45) is 5.92 Å². The summed E-state index contributed by atoms with van der Waals surface area (Å²) in [6.07, 6.45) is 1.27. The Morgan fingerprint density at radius 1 is 1.17 bits per heavy atom. The summed E-state index contributed by atoms with van der Waals surface area (Å²) in [6, 6.07) is 11.8. The Morgan fingerprint density at radius 3 is 2.55 bits per heavy atom. The van der Waals surface area contributed by atoms with Crippen molar-refractivity contribution in [3.63, 3.8) is 0 Å². The number of rotatable bonds is 6. The molecule has 2 aromatic carbocycles. The van der Waals surface area contributed by atoms with Crippen LogP contribution in [0.3, 0.4) is 0 Å². The van der Waals surface area contributed by atoms with Gasteiger partial charge in [-0.05, 0) is 54.8 Å². The van der Waals surface area contributed by atoms with E-state index in [1.807, 2.05) is 0 Å². The van der Waals surface area contributed by atoms with Crippen molar-refractivity contribution in [2.45, 2.75) is 18.6 Å². The number of nitrogens with zero attached hydrogens (tertiary/aromatic N) is 1. The summed E-state index contributed by atoms with van der Waals surface area (Å²) in [4.78, 5) is 12.6. The van der Waals surface area contributed by atoms with Crippen molar-refractivity contribution in [3.8, 4) is 5.75 Å². The Morgan fingerprint density at radius 2 is 1.90 bits per heavy atom. The fourth-order valence-corrected chi connectivity index (χ4v) is 5.18. The number of amides is 1. The van der Waals surface area contributed by atoms with Crippen LogP contribution in [0, 0.1) is 5.92 Å². The minimum atomic E-state index is -3.58. The van der Waals surface area contributed by atoms with Gasteiger partial charge in [-0.15, -0.1) is 0 Å². The fourth-order valence-electron chi connectivity index (χ4n) is 3.26. The largest absolute Gasteiger partial charge is 0.497 e. The molecule has 2 aromatic rings. The van der Waals surface area contributed by atoms with Crippen molar-refractivity contribution in [1.29, 1.82) is 0 Å². The first-order valence-corrected chi connectivity index (χ1v) is 11.5. The molecule has 1 unspecified atom stereocenters. The highest BCUT2D eigenvalue weighted by Gasteiger charge is 2.32. The fraction of sp³-hybridized carbons (Fsp3) is 0.350. The maximum absolute atomic E-state index is 12.9. The third kappa shape index (κ3) is 5.63. The summed E-state index contributed by atoms with van der Waals surface area (Å²) in [6.45, 7) is 0.557. The number of hydrogen-bond acceptors (Lipinski definition) is 4. The summed E-state index contributed by atoms with van der Waals surface area (Å²) in [7, 11) is -2.01. The highest BCUT2D eigenvalue weighted by Crippen LogP contribution is 2.26. The first kappa shape index (κ1) is 21.9. The number of benzene rings is 2. The molecule has 1 heterocycles. The average molecular weight is 457 g/mol. The maximum Gasteiger partial charge on any atom is 0.228 e. The Bertz CT molecular complexity index is 980. The zero-order valence-corrected chi connectivity index (χ0v) is 18.2. The van der Waals surface area contributed by atoms with Crippen LogP contribution in [0.25, 0.3) is 0 Å². The highest BCUT2D eigenvalue weighted by atomic mass is 35.5. The smallest absolute Gasteiger partial charge is 0.228 e. The van der Waals surface area contributed by atoms with E-state index in [2.05, 4.69) is 5.32 Å². The van der Waals surface area contributed by atoms with E-state index in [1.165, 1.54) is 4.31 Å². The Kier molecular flexibility index (Phi) is 7.05. The number of piperidine rings is 1. The molecule has 6 nitrogen and oxygen atoms in total. The third-order valence-electron chi connectivity index (χ3n) is 4.84. The molecular formula is C20H22Cl2N2O4S. The zero-order chi connectivity index (χ0) is 21.0. The summed E-state index contributed by atoms with van der Waals surface area (Å²) in [5.74, 6) is -0.0873. The molecule has 3 rings (SSSR count). The molecule has 29 heavy (non-hydrogen) atoms. The molecule has 1 saturated heterocycles. The van der Waals surface area contributed by atoms with Gasteiger partial charge in [0.15, 0.2) is 0 Å². The summed E-state index contributed by atoms with van der Waals surface area (Å²) < 4.78 is 32.2. The number of carbonyl (C=O) groups is 1. The Hall–Kier alpha value is -1.80. The van der Waals surface area contributed by atoms with Crippen molar-refractivity contribution in [3.05, 3.63) is 58.1 Å². The van der Waals surface area contributed by atoms with E-state index in [9.17, 15) is 13.2 Å². The van der Waals surface area contributed by atoms with Gasteiger partial charge in [0.1, 0.15) is 5.75 Å². The summed E-state index contributed by atoms with van der Waals surface area (Å²) in [5.41, 5.74) is 1.20. The number of halogens is 2. The van der Waals surface area contributed by atoms with Crippen LogP contribution in [0.4, 0.5) is 5.69 Å². The number of methoxy groups -OCH3 is 1. The lowest BCUT2D eigenvalue weighted by molar-refractivity contribution is -0.120. The molecular weight excluding hydrogens is 435 g/mol. The van der Waals surface area contributed by atoms with Crippen LogP contribution in [0.15, 0.2) is 42.5 Å². The zero-order valence-electron chi connectivity index (χ0n) is 15.9. The molecule has 1 N–H and O–H groups in total. The quantitative estimate of drug-likeness (QED) is 0.706. The molecule has 0 aromatic heterocycles. The second-order valence-electron chi connectivity index (χ2n) is 6.92. The number of carbonyl (C=O) groups excluding carboxylic acids is 1. The predicted molar refractivity (Wildman–Crippen MR) is 115 cm³/mol. The molecule has 0 aliphatic carbocycles. The lowest BCUT2D eigenvalue weighted by atomic mass is 9.99. The molecule has 0 bridgehead atoms. The predicted octanol–water partition coefficient (Wildman–Crippen LogP) is 4.18. The van der Waals surface area contributed by atoms with Gasteiger partial charge in [-0.1, -0.05) is 29.3 Å². The van der Waals surface area contributed by atoms with Crippen LogP contribution in [-0.4, -0.2) is 38.8 Å². The van der Waals surface area contributed by atoms with Crippen molar-refractivity contribution < 1.29 is 17.9 Å². The Balaban J connectivity index is 1.65. The van der Waals surface area contributed by atoms with Gasteiger partial charge in [0, 0.05) is 18.8 Å². The van der Waals surface area contributed by atoms with Gasteiger partial charge in [0.05, 0.1) is 28.8 Å². The number of anilines is 1. The number of hydrogen-bond donors (Lipinski definition) is 1. The van der Waals surface area contributed by atoms with Crippen LogP contribution < -0.4 is 10.1 Å². The second-order valence-corrected chi connectivity index (χ2v) is 9.70. The molecule has 1 atom stereocenters. The van der Waals surface area contributed by atoms with E-state index >= 15 is 0 Å². The van der Waals surface area contributed by atoms with E-state index in [4.69, 9.17) is 27.9 Å². The van der Waals surface area contributed by atoms with E-state index in [0.717, 1.165) is 0 Å². The minimum Gasteiger partial charge on any atom is -0.497 e. The van der Waals surface area contributed by atoms with Crippen molar-refractivity contribution >= 4 is 44.8 Å². The van der Waals surface area contributed by atoms with Gasteiger partial charge < -0.3 is 10.1 Å². The number of ether oxygens (including phenoxy) is 1. The van der Waals surface area contributed by atoms with E-state index in [0.29, 0.717) is 46.4 Å². The van der Waals surface area contributed by atoms with Gasteiger partial charge in [0.25, 0.3) is 0 Å². The Labute approximate surface area is 180 Å². The van der Waals surface area contributed by atoms with Crippen molar-refractivity contribution in [2.75, 3.05) is 25.5 Å². The topological polar surface area (TPSA) is 75.7 Å². The maximum atomic E-state index is 12.9. The van der Waals surface area contributed by atoms with Crippen LogP contribution in [0.2, 0.25) is 10.0 Å². The first-order valence-electron chi connectivity index (χ1n) is 9.15. The highest BCUT2D eigenvalue weighted by molar-refractivity contribution is 7.88. The molecule has 0 radical (unpaired) electrons. The lowest BCUT2D eigenvalue weighted by Gasteiger charge is -2.31. The number of nitrogens with one attached hydrogen (secondary N) is 1. The second kappa shape index (κ2) is 9.34. The minimum absolute atomic E-state index is 0.158. The van der Waals surface area contributed by atoms with Crippen LogP contribution in [0.5, 0.6) is 5.75 Å². The van der Waals surface area contributed by atoms with Gasteiger partial charge >= 0.3 is 0 Å². The summed E-state index contributed by atoms with van der Waals surface area (Å²) in [5, 5.41) is 3.54. The molecule has 1 amide bonds. The molecule has 0 saturated carbocycles. The van der Waals surface area contributed by atoms with Crippen LogP contribution in [-0.2, 0) is 20.6 Å². The van der Waals surface area contributed by atoms with Gasteiger partial charge in [-0.2, -0.15) is 0 Å². The standard InChI is InChI=1S/C20H22Cl2N2O4S/c1-28-17-7-5-16(6-8-17)23-20(25)15-3-2-10-24(12-15)29(26,27)13-14-4-9-18(21)19(22)11-14/h4-9,11,15H,2-3,10,12-13H2,1H3,(H,23,25). The SMILES string of the molecule is COc1ccc(NC(=O)C2CCCN(S(=O)(=O)Cc3ccc(Cl)c(Cl)c3)C2)cc1. The van der Waals surface area contributed by atoms with Crippen LogP contribution in [0.1, 0.15) is 18.4 Å². The van der Waals surface area contributed by atoms with Gasteiger partial charge in [-0.25, -0.2) is 12.7 Å². The van der Waals surface area contributed by atoms with E-state index in [-0.39, 0.29) is 18.2 Å². The third-order valence-corrected chi connectivity index (χ3v) is 7.39. The van der Waals surface area contributed by atoms with Crippen LogP contribution >= 0.6 is 23.2 Å². The monoisotopic (exact) mass is 456 g/mol. The summed E-state index contributed by atoms with van der Waals surface area (Å²) >= 11 is 11.9. The molecule has 1 aliphatic rings. The van der Waals surface area contributed by atoms with Gasteiger partial charge in [0.2, 0.25) is 15.9 Å². The lowest BCUT2D eigenvalue weighted by Crippen LogP contribution is -2.44. The van der Waals surface area contributed by atoms with E-state index in [1.54, 1.807) is 49.6 Å². The average Bonchev–Trinajstić information content (AvgIpc) is 2.71. The molecule has 0 spiro atoms. The molecule has 1 fully saturated rings. The van der Waals surface area contributed by atoms with Crippen molar-refractivity contribution in [1.82, 2.24) is 4.31 Å². The molecule has 156 valence electrons. The normalized spacial score (nSPS) is 17.7.